The maximum Gasteiger partial charge on any atom is 0.168 e. The minimum absolute atomic E-state index is 0.225. The average molecular weight is 240 g/mol. The molecule has 16 heavy (non-hydrogen) atoms. The second kappa shape index (κ2) is 4.65. The molecule has 2 rings (SSSR count). The predicted octanol–water partition coefficient (Wildman–Crippen LogP) is 1.98. The molecule has 0 saturated heterocycles. The Kier molecular flexibility index (Phi) is 3.24. The van der Waals surface area contributed by atoms with E-state index in [-0.39, 0.29) is 19.0 Å². The van der Waals surface area contributed by atoms with E-state index in [1.807, 2.05) is 0 Å². The van der Waals surface area contributed by atoms with Crippen molar-refractivity contribution in [2.75, 3.05) is 0 Å². The summed E-state index contributed by atoms with van der Waals surface area (Å²) >= 11 is 5.77. The molecule has 4 nitrogen and oxygen atoms in total. The highest BCUT2D eigenvalue weighted by molar-refractivity contribution is 6.30. The molecule has 2 aromatic rings. The zero-order chi connectivity index (χ0) is 11.5. The fourth-order valence-corrected chi connectivity index (χ4v) is 1.59. The van der Waals surface area contributed by atoms with Crippen molar-refractivity contribution < 1.29 is 14.7 Å². The lowest BCUT2D eigenvalue weighted by Gasteiger charge is -1.99. The Labute approximate surface area is 97.1 Å². The first-order valence-corrected chi connectivity index (χ1v) is 5.09. The van der Waals surface area contributed by atoms with Crippen LogP contribution in [0.15, 0.2) is 28.8 Å². The monoisotopic (exact) mass is 239 g/mol. The Morgan fingerprint density at radius 3 is 2.38 bits per heavy atom. The fourth-order valence-electron chi connectivity index (χ4n) is 1.47. The molecule has 0 spiro atoms. The second-order valence-corrected chi connectivity index (χ2v) is 3.69. The highest BCUT2D eigenvalue weighted by atomic mass is 35.5. The molecular formula is C11H10ClNO3. The van der Waals surface area contributed by atoms with Gasteiger partial charge >= 0.3 is 0 Å². The standard InChI is InChI=1S/C11H10ClNO3/c12-8-3-1-7(2-4-8)11-9(5-14)10(6-15)16-13-11/h1-4,14-15H,5-6H2. The van der Waals surface area contributed by atoms with Crippen LogP contribution in [0.4, 0.5) is 0 Å². The van der Waals surface area contributed by atoms with Gasteiger partial charge in [0.1, 0.15) is 12.3 Å². The van der Waals surface area contributed by atoms with Gasteiger partial charge in [-0.15, -0.1) is 0 Å². The van der Waals surface area contributed by atoms with Crippen LogP contribution in [0.2, 0.25) is 5.02 Å². The largest absolute Gasteiger partial charge is 0.391 e. The van der Waals surface area contributed by atoms with Crippen LogP contribution in [-0.2, 0) is 13.2 Å². The van der Waals surface area contributed by atoms with Crippen molar-refractivity contribution in [1.82, 2.24) is 5.16 Å². The topological polar surface area (TPSA) is 66.5 Å². The summed E-state index contributed by atoms with van der Waals surface area (Å²) < 4.78 is 4.93. The van der Waals surface area contributed by atoms with Gasteiger partial charge in [-0.2, -0.15) is 0 Å². The molecule has 0 unspecified atom stereocenters. The SMILES string of the molecule is OCc1onc(-c2ccc(Cl)cc2)c1CO. The van der Waals surface area contributed by atoms with E-state index in [0.29, 0.717) is 16.3 Å². The molecule has 0 atom stereocenters. The third-order valence-corrected chi connectivity index (χ3v) is 2.54. The third-order valence-electron chi connectivity index (χ3n) is 2.29. The number of rotatable bonds is 3. The van der Waals surface area contributed by atoms with Crippen molar-refractivity contribution in [3.63, 3.8) is 0 Å². The molecule has 0 aliphatic rings. The minimum Gasteiger partial charge on any atom is -0.391 e. The molecule has 0 radical (unpaired) electrons. The van der Waals surface area contributed by atoms with Gasteiger partial charge in [-0.25, -0.2) is 0 Å². The maximum atomic E-state index is 9.20. The Hall–Kier alpha value is -1.36. The molecule has 0 amide bonds. The number of aliphatic hydroxyl groups excluding tert-OH is 2. The minimum atomic E-state index is -0.281. The summed E-state index contributed by atoms with van der Waals surface area (Å²) in [5, 5.41) is 22.6. The Bertz CT molecular complexity index is 478. The summed E-state index contributed by atoms with van der Waals surface area (Å²) in [6, 6.07) is 7.01. The summed E-state index contributed by atoms with van der Waals surface area (Å²) in [5.41, 5.74) is 1.82. The van der Waals surface area contributed by atoms with E-state index in [4.69, 9.17) is 21.2 Å². The molecule has 0 fully saturated rings. The zero-order valence-corrected chi connectivity index (χ0v) is 9.11. The summed E-state index contributed by atoms with van der Waals surface area (Å²) in [4.78, 5) is 0. The van der Waals surface area contributed by atoms with E-state index >= 15 is 0 Å². The molecule has 84 valence electrons. The van der Waals surface area contributed by atoms with Gasteiger partial charge in [0.2, 0.25) is 0 Å². The molecule has 0 aliphatic heterocycles. The number of benzene rings is 1. The Morgan fingerprint density at radius 2 is 1.81 bits per heavy atom. The molecular weight excluding hydrogens is 230 g/mol. The third kappa shape index (κ3) is 1.95. The van der Waals surface area contributed by atoms with Crippen LogP contribution >= 0.6 is 11.6 Å². The van der Waals surface area contributed by atoms with Crippen molar-refractivity contribution >= 4 is 11.6 Å². The van der Waals surface area contributed by atoms with Gasteiger partial charge in [0, 0.05) is 10.6 Å². The van der Waals surface area contributed by atoms with Crippen LogP contribution in [-0.4, -0.2) is 15.4 Å². The number of nitrogens with zero attached hydrogens (tertiary/aromatic N) is 1. The van der Waals surface area contributed by atoms with Crippen molar-refractivity contribution in [2.24, 2.45) is 0 Å². The van der Waals surface area contributed by atoms with Crippen molar-refractivity contribution in [3.8, 4) is 11.3 Å². The highest BCUT2D eigenvalue weighted by Gasteiger charge is 2.15. The Balaban J connectivity index is 2.47. The molecule has 0 bridgehead atoms. The van der Waals surface area contributed by atoms with Gasteiger partial charge in [0.05, 0.1) is 12.2 Å². The number of halogens is 1. The van der Waals surface area contributed by atoms with Gasteiger partial charge in [-0.05, 0) is 12.1 Å². The quantitative estimate of drug-likeness (QED) is 0.860. The van der Waals surface area contributed by atoms with Crippen molar-refractivity contribution in [2.45, 2.75) is 13.2 Å². The number of aliphatic hydroxyl groups is 2. The number of hydrogen-bond acceptors (Lipinski definition) is 4. The zero-order valence-electron chi connectivity index (χ0n) is 8.35. The van der Waals surface area contributed by atoms with E-state index in [1.54, 1.807) is 24.3 Å². The van der Waals surface area contributed by atoms with Crippen LogP contribution in [0.1, 0.15) is 11.3 Å². The van der Waals surface area contributed by atoms with Crippen LogP contribution in [0, 0.1) is 0 Å². The number of hydrogen-bond donors (Lipinski definition) is 2. The first-order valence-electron chi connectivity index (χ1n) is 4.71. The molecule has 0 saturated carbocycles. The maximum absolute atomic E-state index is 9.20. The van der Waals surface area contributed by atoms with E-state index in [0.717, 1.165) is 5.56 Å². The van der Waals surface area contributed by atoms with E-state index in [9.17, 15) is 5.11 Å². The Morgan fingerprint density at radius 1 is 1.12 bits per heavy atom. The lowest BCUT2D eigenvalue weighted by atomic mass is 10.1. The first kappa shape index (κ1) is 11.1. The van der Waals surface area contributed by atoms with Crippen LogP contribution < -0.4 is 0 Å². The summed E-state index contributed by atoms with van der Waals surface area (Å²) in [7, 11) is 0. The summed E-state index contributed by atoms with van der Waals surface area (Å²) in [5.74, 6) is 0.285. The van der Waals surface area contributed by atoms with Crippen molar-refractivity contribution in [3.05, 3.63) is 40.6 Å². The van der Waals surface area contributed by atoms with Crippen molar-refractivity contribution in [1.29, 1.82) is 0 Å². The predicted molar refractivity (Wildman–Crippen MR) is 58.8 cm³/mol. The van der Waals surface area contributed by atoms with Crippen LogP contribution in [0.25, 0.3) is 11.3 Å². The van der Waals surface area contributed by atoms with Gasteiger partial charge < -0.3 is 14.7 Å². The summed E-state index contributed by atoms with van der Waals surface area (Å²) in [6.45, 7) is -0.506. The van der Waals surface area contributed by atoms with E-state index in [2.05, 4.69) is 5.16 Å². The molecule has 1 aromatic carbocycles. The van der Waals surface area contributed by atoms with Gasteiger partial charge in [0.15, 0.2) is 5.76 Å². The van der Waals surface area contributed by atoms with Gasteiger partial charge in [-0.1, -0.05) is 28.9 Å². The molecule has 5 heteroatoms. The van der Waals surface area contributed by atoms with Gasteiger partial charge in [-0.3, -0.25) is 0 Å². The average Bonchev–Trinajstić information content (AvgIpc) is 2.72. The molecule has 2 N–H and O–H groups in total. The fraction of sp³-hybridized carbons (Fsp3) is 0.182. The van der Waals surface area contributed by atoms with E-state index < -0.39 is 0 Å². The van der Waals surface area contributed by atoms with Crippen LogP contribution in [0.5, 0.6) is 0 Å². The van der Waals surface area contributed by atoms with Gasteiger partial charge in [0.25, 0.3) is 0 Å². The van der Waals surface area contributed by atoms with E-state index in [1.165, 1.54) is 0 Å². The smallest absolute Gasteiger partial charge is 0.168 e. The molecule has 1 aromatic heterocycles. The molecule has 0 aliphatic carbocycles. The lowest BCUT2D eigenvalue weighted by molar-refractivity contribution is 0.219. The van der Waals surface area contributed by atoms with Crippen LogP contribution in [0.3, 0.4) is 0 Å². The summed E-state index contributed by atoms with van der Waals surface area (Å²) in [6.07, 6.45) is 0. The lowest BCUT2D eigenvalue weighted by Crippen LogP contribution is -1.91. The molecule has 1 heterocycles. The first-order chi connectivity index (χ1) is 7.76. The second-order valence-electron chi connectivity index (χ2n) is 3.26. The highest BCUT2D eigenvalue weighted by Crippen LogP contribution is 2.26. The number of aromatic nitrogens is 1. The normalized spacial score (nSPS) is 10.7.